The number of aryl methyl sites for hydroxylation is 1. The summed E-state index contributed by atoms with van der Waals surface area (Å²) in [6.45, 7) is 11.6. The predicted molar refractivity (Wildman–Crippen MR) is 123 cm³/mol. The number of phenols is 1. The number of carbonyl (C=O) groups excluding carboxylic acids is 1. The van der Waals surface area contributed by atoms with Gasteiger partial charge in [-0.1, -0.05) is 53.7 Å². The summed E-state index contributed by atoms with van der Waals surface area (Å²) in [5.41, 5.74) is 1.95. The van der Waals surface area contributed by atoms with E-state index in [4.69, 9.17) is 4.74 Å². The zero-order chi connectivity index (χ0) is 24.9. The lowest BCUT2D eigenvalue weighted by Gasteiger charge is -2.28. The fraction of sp³-hybridized carbons (Fsp3) is 0.708. The van der Waals surface area contributed by atoms with Crippen molar-refractivity contribution < 1.29 is 35.1 Å². The van der Waals surface area contributed by atoms with Crippen LogP contribution in [0.5, 0.6) is 5.75 Å². The molecule has 1 rings (SSSR count). The van der Waals surface area contributed by atoms with Crippen LogP contribution in [-0.4, -0.2) is 76.1 Å². The van der Waals surface area contributed by atoms with Gasteiger partial charge in [-0.15, -0.1) is 0 Å². The molecule has 32 heavy (non-hydrogen) atoms. The molecule has 0 aliphatic heterocycles. The van der Waals surface area contributed by atoms with Crippen molar-refractivity contribution >= 4 is 5.97 Å². The van der Waals surface area contributed by atoms with Crippen LogP contribution in [0.3, 0.4) is 0 Å². The number of phenolic OH excluding ortho intramolecular Hbond substituents is 1. The number of aromatic hydroxyl groups is 1. The largest absolute Gasteiger partial charge is 0.507 e. The summed E-state index contributed by atoms with van der Waals surface area (Å²) in [5, 5.41) is 52.9. The van der Waals surface area contributed by atoms with Gasteiger partial charge in [-0.3, -0.25) is 4.79 Å². The molecule has 1 aromatic rings. The monoisotopic (exact) mass is 455 g/mol. The molecule has 4 atom stereocenters. The van der Waals surface area contributed by atoms with Crippen molar-refractivity contribution in [3.05, 3.63) is 28.8 Å². The van der Waals surface area contributed by atoms with Crippen molar-refractivity contribution in [3.8, 4) is 5.75 Å². The minimum Gasteiger partial charge on any atom is -0.507 e. The number of hydrogen-bond donors (Lipinski definition) is 6. The van der Waals surface area contributed by atoms with E-state index in [1.165, 1.54) is 0 Å². The van der Waals surface area contributed by atoms with Gasteiger partial charge in [0.15, 0.2) is 0 Å². The van der Waals surface area contributed by atoms with Gasteiger partial charge in [0, 0.05) is 13.0 Å². The standard InChI is InChI=1S/C24H41NO7/c1-23(2,3)15-10-14(11-16(20(15)29)24(4,5)6)8-9-19(28)32-13-18(27)22(31)21(30)17(26)12-25-7/h10-11,17-18,21-22,25-27,29-31H,8-9,12-13H2,1-7H3/t17-,18+,21-,22+/m1/s1. The molecule has 0 amide bonds. The van der Waals surface area contributed by atoms with Crippen molar-refractivity contribution in [2.45, 2.75) is 89.6 Å². The van der Waals surface area contributed by atoms with Gasteiger partial charge in [-0.2, -0.15) is 0 Å². The van der Waals surface area contributed by atoms with Crippen LogP contribution in [0.25, 0.3) is 0 Å². The van der Waals surface area contributed by atoms with Gasteiger partial charge in [0.05, 0.1) is 6.10 Å². The highest BCUT2D eigenvalue weighted by molar-refractivity contribution is 5.69. The van der Waals surface area contributed by atoms with Gasteiger partial charge in [0.1, 0.15) is 30.7 Å². The molecule has 0 unspecified atom stereocenters. The summed E-state index contributed by atoms with van der Waals surface area (Å²) in [6.07, 6.45) is -5.62. The Bertz CT molecular complexity index is 717. The molecule has 0 fully saturated rings. The van der Waals surface area contributed by atoms with Crippen LogP contribution >= 0.6 is 0 Å². The van der Waals surface area contributed by atoms with E-state index in [0.29, 0.717) is 6.42 Å². The first-order valence-corrected chi connectivity index (χ1v) is 11.0. The lowest BCUT2D eigenvalue weighted by molar-refractivity contribution is -0.154. The molecule has 8 heteroatoms. The Kier molecular flexibility index (Phi) is 10.1. The third-order valence-electron chi connectivity index (χ3n) is 5.37. The minimum atomic E-state index is -1.66. The van der Waals surface area contributed by atoms with Crippen LogP contribution in [0.2, 0.25) is 0 Å². The number of hydrogen-bond acceptors (Lipinski definition) is 8. The van der Waals surface area contributed by atoms with E-state index in [0.717, 1.165) is 16.7 Å². The average molecular weight is 456 g/mol. The maximum atomic E-state index is 12.2. The number of carbonyl (C=O) groups is 1. The Morgan fingerprint density at radius 3 is 1.84 bits per heavy atom. The summed E-state index contributed by atoms with van der Waals surface area (Å²) < 4.78 is 5.05. The van der Waals surface area contributed by atoms with Crippen LogP contribution in [0.15, 0.2) is 12.1 Å². The van der Waals surface area contributed by atoms with E-state index in [2.05, 4.69) is 5.32 Å². The number of nitrogens with one attached hydrogen (secondary N) is 1. The molecule has 0 heterocycles. The molecule has 0 radical (unpaired) electrons. The van der Waals surface area contributed by atoms with Crippen molar-refractivity contribution in [1.82, 2.24) is 5.32 Å². The Labute approximate surface area is 191 Å². The number of esters is 1. The maximum absolute atomic E-state index is 12.2. The Balaban J connectivity index is 2.79. The third-order valence-corrected chi connectivity index (χ3v) is 5.37. The van der Waals surface area contributed by atoms with E-state index in [9.17, 15) is 30.3 Å². The van der Waals surface area contributed by atoms with Gasteiger partial charge in [-0.25, -0.2) is 0 Å². The molecule has 6 N–H and O–H groups in total. The first kappa shape index (κ1) is 28.3. The molecule has 0 aliphatic carbocycles. The molecule has 8 nitrogen and oxygen atoms in total. The molecule has 0 bridgehead atoms. The zero-order valence-corrected chi connectivity index (χ0v) is 20.3. The summed E-state index contributed by atoms with van der Waals surface area (Å²) in [7, 11) is 1.57. The summed E-state index contributed by atoms with van der Waals surface area (Å²) in [6, 6.07) is 3.80. The highest BCUT2D eigenvalue weighted by atomic mass is 16.5. The fourth-order valence-electron chi connectivity index (χ4n) is 3.36. The van der Waals surface area contributed by atoms with Crippen LogP contribution in [0.4, 0.5) is 0 Å². The van der Waals surface area contributed by atoms with Gasteiger partial charge in [-0.05, 0) is 41.0 Å². The lowest BCUT2D eigenvalue weighted by Crippen LogP contribution is -2.49. The molecule has 0 spiro atoms. The molecule has 0 aromatic heterocycles. The highest BCUT2D eigenvalue weighted by Crippen LogP contribution is 2.40. The van der Waals surface area contributed by atoms with E-state index in [1.54, 1.807) is 7.05 Å². The van der Waals surface area contributed by atoms with E-state index < -0.39 is 37.0 Å². The van der Waals surface area contributed by atoms with Crippen LogP contribution in [0.1, 0.15) is 64.7 Å². The Morgan fingerprint density at radius 2 is 1.41 bits per heavy atom. The van der Waals surface area contributed by atoms with E-state index in [1.807, 2.05) is 53.7 Å². The number of rotatable bonds is 10. The number of aliphatic hydroxyl groups excluding tert-OH is 4. The van der Waals surface area contributed by atoms with Gasteiger partial charge in [0.2, 0.25) is 0 Å². The van der Waals surface area contributed by atoms with Crippen molar-refractivity contribution in [2.75, 3.05) is 20.2 Å². The normalized spacial score (nSPS) is 16.3. The number of aliphatic hydroxyl groups is 4. The van der Waals surface area contributed by atoms with Crippen LogP contribution < -0.4 is 5.32 Å². The number of ether oxygens (including phenoxy) is 1. The van der Waals surface area contributed by atoms with Gasteiger partial charge in [0.25, 0.3) is 0 Å². The molecular weight excluding hydrogens is 414 g/mol. The summed E-state index contributed by atoms with van der Waals surface area (Å²) in [4.78, 5) is 12.2. The molecule has 1 aromatic carbocycles. The number of benzene rings is 1. The zero-order valence-electron chi connectivity index (χ0n) is 20.3. The van der Waals surface area contributed by atoms with Crippen molar-refractivity contribution in [3.63, 3.8) is 0 Å². The fourth-order valence-corrected chi connectivity index (χ4v) is 3.36. The molecule has 0 saturated carbocycles. The van der Waals surface area contributed by atoms with Gasteiger partial charge < -0.3 is 35.6 Å². The summed E-state index contributed by atoms with van der Waals surface area (Å²) >= 11 is 0. The lowest BCUT2D eigenvalue weighted by atomic mass is 9.78. The van der Waals surface area contributed by atoms with Gasteiger partial charge >= 0.3 is 5.97 Å². The van der Waals surface area contributed by atoms with Crippen LogP contribution in [-0.2, 0) is 26.8 Å². The second kappa shape index (κ2) is 11.4. The number of likely N-dealkylation sites (N-methyl/N-ethyl adjacent to an activating group) is 1. The SMILES string of the molecule is CNC[C@@H](O)[C@@H](O)[C@@H](O)[C@@H](O)COC(=O)CCc1cc(C(C)(C)C)c(O)c(C(C)(C)C)c1. The second-order valence-corrected chi connectivity index (χ2v) is 10.4. The van der Waals surface area contributed by atoms with E-state index in [-0.39, 0.29) is 29.5 Å². The molecular formula is C24H41NO7. The smallest absolute Gasteiger partial charge is 0.306 e. The van der Waals surface area contributed by atoms with Crippen molar-refractivity contribution in [2.24, 2.45) is 0 Å². The quantitative estimate of drug-likeness (QED) is 0.289. The minimum absolute atomic E-state index is 0.0322. The highest BCUT2D eigenvalue weighted by Gasteiger charge is 2.31. The molecule has 0 saturated heterocycles. The third kappa shape index (κ3) is 8.01. The Hall–Kier alpha value is -1.71. The topological polar surface area (TPSA) is 139 Å². The molecule has 184 valence electrons. The van der Waals surface area contributed by atoms with E-state index >= 15 is 0 Å². The maximum Gasteiger partial charge on any atom is 0.306 e. The van der Waals surface area contributed by atoms with Crippen molar-refractivity contribution in [1.29, 1.82) is 0 Å². The summed E-state index contributed by atoms with van der Waals surface area (Å²) in [5.74, 6) is -0.295. The average Bonchev–Trinajstić information content (AvgIpc) is 2.68. The Morgan fingerprint density at radius 1 is 0.938 bits per heavy atom. The predicted octanol–water partition coefficient (Wildman–Crippen LogP) is 1.13. The van der Waals surface area contributed by atoms with Crippen LogP contribution in [0, 0.1) is 0 Å². The first-order chi connectivity index (χ1) is 14.6. The first-order valence-electron chi connectivity index (χ1n) is 11.0. The second-order valence-electron chi connectivity index (χ2n) is 10.4. The molecule has 0 aliphatic rings.